The van der Waals surface area contributed by atoms with Crippen LogP contribution in [0.1, 0.15) is 65.3 Å². The molecule has 0 saturated heterocycles. The Morgan fingerprint density at radius 3 is 2.70 bits per heavy atom. The van der Waals surface area contributed by atoms with E-state index in [0.29, 0.717) is 29.2 Å². The number of fused-ring (bicyclic) bond motifs is 3. The highest BCUT2D eigenvalue weighted by Gasteiger charge is 2.28. The predicted octanol–water partition coefficient (Wildman–Crippen LogP) is 6.76. The molecule has 7 heteroatoms. The lowest BCUT2D eigenvalue weighted by molar-refractivity contribution is -0.119. The van der Waals surface area contributed by atoms with Crippen molar-refractivity contribution in [1.82, 2.24) is 4.98 Å². The third-order valence-electron chi connectivity index (χ3n) is 7.60. The van der Waals surface area contributed by atoms with Crippen LogP contribution in [0.15, 0.2) is 66.7 Å². The van der Waals surface area contributed by atoms with E-state index in [2.05, 4.69) is 25.2 Å². The van der Waals surface area contributed by atoms with Crippen molar-refractivity contribution in [3.8, 4) is 11.5 Å². The lowest BCUT2D eigenvalue weighted by atomic mass is 9.97. The fraction of sp³-hybridized carbons (Fsp3) is 0.242. The van der Waals surface area contributed by atoms with Crippen molar-refractivity contribution in [2.45, 2.75) is 39.0 Å². The second kappa shape index (κ2) is 10.8. The molecule has 40 heavy (non-hydrogen) atoms. The average Bonchev–Trinajstić information content (AvgIpc) is 3.61. The number of pyridine rings is 1. The highest BCUT2D eigenvalue weighted by Crippen LogP contribution is 2.39. The number of para-hydroxylation sites is 2. The molecule has 0 radical (unpaired) electrons. The minimum atomic E-state index is -0.524. The maximum absolute atomic E-state index is 13.5. The maximum Gasteiger partial charge on any atom is 0.339 e. The number of amides is 1. The lowest BCUT2D eigenvalue weighted by Gasteiger charge is -2.16. The average molecular weight is 535 g/mol. The number of benzene rings is 3. The zero-order valence-electron chi connectivity index (χ0n) is 22.5. The van der Waals surface area contributed by atoms with E-state index in [1.54, 1.807) is 0 Å². The number of nitrogens with one attached hydrogen (secondary N) is 1. The van der Waals surface area contributed by atoms with E-state index in [0.717, 1.165) is 57.6 Å². The zero-order chi connectivity index (χ0) is 27.6. The molecule has 2 aliphatic rings. The summed E-state index contributed by atoms with van der Waals surface area (Å²) in [5.74, 6) is 0.848. The Balaban J connectivity index is 1.26. The Morgan fingerprint density at radius 2 is 1.82 bits per heavy atom. The number of carbonyl (C=O) groups is 2. The molecule has 0 spiro atoms. The van der Waals surface area contributed by atoms with Crippen molar-refractivity contribution in [1.29, 1.82) is 0 Å². The largest absolute Gasteiger partial charge is 0.454 e. The minimum Gasteiger partial charge on any atom is -0.454 e. The van der Waals surface area contributed by atoms with Crippen molar-refractivity contribution in [2.75, 3.05) is 18.7 Å². The van der Waals surface area contributed by atoms with Gasteiger partial charge in [-0.25, -0.2) is 9.78 Å². The van der Waals surface area contributed by atoms with Crippen LogP contribution in [0.25, 0.3) is 22.6 Å². The topological polar surface area (TPSA) is 86.8 Å². The first-order valence-corrected chi connectivity index (χ1v) is 13.6. The van der Waals surface area contributed by atoms with Crippen LogP contribution in [0.5, 0.6) is 11.5 Å². The Kier molecular flexibility index (Phi) is 6.95. The van der Waals surface area contributed by atoms with Gasteiger partial charge in [0.15, 0.2) is 18.1 Å². The van der Waals surface area contributed by atoms with Crippen LogP contribution in [-0.2, 0) is 16.0 Å². The molecule has 1 atom stereocenters. The quantitative estimate of drug-likeness (QED) is 0.264. The number of anilines is 1. The van der Waals surface area contributed by atoms with Gasteiger partial charge in [0.2, 0.25) is 6.79 Å². The first kappa shape index (κ1) is 25.6. The fourth-order valence-electron chi connectivity index (χ4n) is 5.37. The van der Waals surface area contributed by atoms with E-state index in [1.807, 2.05) is 66.7 Å². The summed E-state index contributed by atoms with van der Waals surface area (Å²) < 4.78 is 16.6. The van der Waals surface area contributed by atoms with Gasteiger partial charge in [0.25, 0.3) is 5.91 Å². The van der Waals surface area contributed by atoms with Gasteiger partial charge in [-0.2, -0.15) is 0 Å². The monoisotopic (exact) mass is 534 g/mol. The Morgan fingerprint density at radius 1 is 1.02 bits per heavy atom. The molecule has 1 amide bonds. The first-order valence-electron chi connectivity index (χ1n) is 13.6. The predicted molar refractivity (Wildman–Crippen MR) is 155 cm³/mol. The molecule has 1 aliphatic heterocycles. The SMILES string of the molecule is CCC(C)c1ccccc1NC(=O)COC(=O)c1c2c(nc3ccccc13)C(=Cc1ccc3c(c1)OCO3)CC2. The fourth-order valence-corrected chi connectivity index (χ4v) is 5.37. The van der Waals surface area contributed by atoms with Crippen LogP contribution in [0.3, 0.4) is 0 Å². The molecule has 0 saturated carbocycles. The third-order valence-corrected chi connectivity index (χ3v) is 7.60. The summed E-state index contributed by atoms with van der Waals surface area (Å²) in [4.78, 5) is 31.2. The van der Waals surface area contributed by atoms with Crippen LogP contribution in [0, 0.1) is 0 Å². The number of hydrogen-bond donors (Lipinski definition) is 1. The van der Waals surface area contributed by atoms with Crippen LogP contribution in [-0.4, -0.2) is 30.3 Å². The standard InChI is InChI=1S/C33H30N2O5/c1-3-20(2)23-8-4-6-10-26(23)34-30(36)18-38-33(37)31-24-9-5-7-11-27(24)35-32-22(13-14-25(31)32)16-21-12-15-28-29(17-21)40-19-39-28/h4-12,15-17,20H,3,13-14,18-19H2,1-2H3,(H,34,36). The molecule has 2 heterocycles. The second-order valence-corrected chi connectivity index (χ2v) is 10.1. The molecule has 7 nitrogen and oxygen atoms in total. The molecule has 4 aromatic rings. The number of rotatable bonds is 7. The molecule has 1 aliphatic carbocycles. The highest BCUT2D eigenvalue weighted by atomic mass is 16.7. The van der Waals surface area contributed by atoms with E-state index in [9.17, 15) is 9.59 Å². The van der Waals surface area contributed by atoms with E-state index >= 15 is 0 Å². The third kappa shape index (κ3) is 4.91. The number of carbonyl (C=O) groups excluding carboxylic acids is 2. The van der Waals surface area contributed by atoms with Gasteiger partial charge in [-0.05, 0) is 77.8 Å². The summed E-state index contributed by atoms with van der Waals surface area (Å²) in [7, 11) is 0. The van der Waals surface area contributed by atoms with Crippen molar-refractivity contribution in [3.05, 3.63) is 94.7 Å². The highest BCUT2D eigenvalue weighted by molar-refractivity contribution is 6.08. The molecule has 0 bridgehead atoms. The molecule has 1 unspecified atom stereocenters. The van der Waals surface area contributed by atoms with Gasteiger partial charge in [0.05, 0.1) is 16.8 Å². The zero-order valence-corrected chi connectivity index (χ0v) is 22.5. The summed E-state index contributed by atoms with van der Waals surface area (Å²) in [6.45, 7) is 4.08. The van der Waals surface area contributed by atoms with E-state index < -0.39 is 5.97 Å². The van der Waals surface area contributed by atoms with Gasteiger partial charge in [-0.15, -0.1) is 0 Å². The van der Waals surface area contributed by atoms with E-state index in [4.69, 9.17) is 19.2 Å². The summed E-state index contributed by atoms with van der Waals surface area (Å²) in [6, 6.07) is 21.1. The number of esters is 1. The number of hydrogen-bond acceptors (Lipinski definition) is 6. The lowest BCUT2D eigenvalue weighted by Crippen LogP contribution is -2.22. The molecule has 202 valence electrons. The van der Waals surface area contributed by atoms with E-state index in [-0.39, 0.29) is 19.3 Å². The van der Waals surface area contributed by atoms with Gasteiger partial charge >= 0.3 is 5.97 Å². The van der Waals surface area contributed by atoms with Crippen molar-refractivity contribution in [2.24, 2.45) is 0 Å². The molecule has 0 fully saturated rings. The van der Waals surface area contributed by atoms with Crippen molar-refractivity contribution < 1.29 is 23.8 Å². The normalized spacial score (nSPS) is 15.2. The van der Waals surface area contributed by atoms with Gasteiger partial charge in [0, 0.05) is 11.1 Å². The Labute approximate surface area is 232 Å². The van der Waals surface area contributed by atoms with Crippen molar-refractivity contribution in [3.63, 3.8) is 0 Å². The second-order valence-electron chi connectivity index (χ2n) is 10.1. The number of nitrogens with zero attached hydrogens (tertiary/aromatic N) is 1. The molecule has 1 N–H and O–H groups in total. The Bertz CT molecular complexity index is 1660. The Hall–Kier alpha value is -4.65. The number of ether oxygens (including phenoxy) is 3. The summed E-state index contributed by atoms with van der Waals surface area (Å²) in [5.41, 5.74) is 6.62. The molecule has 3 aromatic carbocycles. The maximum atomic E-state index is 13.5. The summed E-state index contributed by atoms with van der Waals surface area (Å²) in [5, 5.41) is 3.64. The smallest absolute Gasteiger partial charge is 0.339 e. The van der Waals surface area contributed by atoms with Gasteiger partial charge in [0.1, 0.15) is 0 Å². The van der Waals surface area contributed by atoms with Crippen LogP contribution in [0.4, 0.5) is 5.69 Å². The first-order chi connectivity index (χ1) is 19.5. The van der Waals surface area contributed by atoms with Crippen LogP contribution < -0.4 is 14.8 Å². The summed E-state index contributed by atoms with van der Waals surface area (Å²) >= 11 is 0. The molecule has 6 rings (SSSR count). The minimum absolute atomic E-state index is 0.222. The summed E-state index contributed by atoms with van der Waals surface area (Å²) in [6.07, 6.45) is 4.42. The van der Waals surface area contributed by atoms with E-state index in [1.165, 1.54) is 0 Å². The number of allylic oxidation sites excluding steroid dienone is 1. The molecule has 1 aromatic heterocycles. The number of aromatic nitrogens is 1. The van der Waals surface area contributed by atoms with Crippen LogP contribution >= 0.6 is 0 Å². The van der Waals surface area contributed by atoms with Gasteiger partial charge < -0.3 is 19.5 Å². The molecular weight excluding hydrogens is 504 g/mol. The van der Waals surface area contributed by atoms with Gasteiger partial charge in [-0.1, -0.05) is 56.3 Å². The molecular formula is C33H30N2O5. The van der Waals surface area contributed by atoms with Gasteiger partial charge in [-0.3, -0.25) is 4.79 Å². The van der Waals surface area contributed by atoms with Crippen molar-refractivity contribution >= 4 is 40.1 Å². The van der Waals surface area contributed by atoms with Crippen LogP contribution in [0.2, 0.25) is 0 Å².